The SMILES string of the molecule is Cc1cc(N)ccc1NC(=O)CN(C)C(C)C. The lowest BCUT2D eigenvalue weighted by atomic mass is 10.2. The van der Waals surface area contributed by atoms with Gasteiger partial charge in [-0.2, -0.15) is 0 Å². The maximum Gasteiger partial charge on any atom is 0.238 e. The maximum atomic E-state index is 11.8. The van der Waals surface area contributed by atoms with Crippen molar-refractivity contribution in [3.63, 3.8) is 0 Å². The minimum absolute atomic E-state index is 0.00549. The van der Waals surface area contributed by atoms with Gasteiger partial charge >= 0.3 is 0 Å². The van der Waals surface area contributed by atoms with Gasteiger partial charge in [0.1, 0.15) is 0 Å². The number of benzene rings is 1. The van der Waals surface area contributed by atoms with Gasteiger partial charge in [0.2, 0.25) is 5.91 Å². The van der Waals surface area contributed by atoms with Crippen molar-refractivity contribution in [2.24, 2.45) is 0 Å². The molecule has 4 nitrogen and oxygen atoms in total. The number of nitrogens with zero attached hydrogens (tertiary/aromatic N) is 1. The molecule has 0 unspecified atom stereocenters. The molecule has 1 amide bonds. The van der Waals surface area contributed by atoms with Crippen LogP contribution < -0.4 is 11.1 Å². The lowest BCUT2D eigenvalue weighted by Gasteiger charge is -2.20. The third-order valence-corrected chi connectivity index (χ3v) is 2.80. The van der Waals surface area contributed by atoms with Gasteiger partial charge in [0.25, 0.3) is 0 Å². The highest BCUT2D eigenvalue weighted by molar-refractivity contribution is 5.93. The minimum Gasteiger partial charge on any atom is -0.399 e. The number of amides is 1. The van der Waals surface area contributed by atoms with Gasteiger partial charge in [0.15, 0.2) is 0 Å². The Morgan fingerprint density at radius 3 is 2.65 bits per heavy atom. The van der Waals surface area contributed by atoms with Gasteiger partial charge in [-0.25, -0.2) is 0 Å². The Hall–Kier alpha value is -1.55. The largest absolute Gasteiger partial charge is 0.399 e. The molecule has 0 aromatic heterocycles. The Labute approximate surface area is 103 Å². The molecule has 0 fully saturated rings. The Bertz CT molecular complexity index is 402. The number of nitrogens with two attached hydrogens (primary N) is 1. The van der Waals surface area contributed by atoms with Crippen molar-refractivity contribution in [2.45, 2.75) is 26.8 Å². The monoisotopic (exact) mass is 235 g/mol. The summed E-state index contributed by atoms with van der Waals surface area (Å²) in [6.07, 6.45) is 0. The van der Waals surface area contributed by atoms with Crippen LogP contribution in [-0.2, 0) is 4.79 Å². The first-order valence-electron chi connectivity index (χ1n) is 5.76. The number of anilines is 2. The molecule has 0 aliphatic carbocycles. The van der Waals surface area contributed by atoms with Crippen molar-refractivity contribution < 1.29 is 4.79 Å². The highest BCUT2D eigenvalue weighted by Gasteiger charge is 2.10. The molecule has 0 heterocycles. The molecule has 1 aromatic carbocycles. The van der Waals surface area contributed by atoms with E-state index < -0.39 is 0 Å². The Kier molecular flexibility index (Phi) is 4.52. The average molecular weight is 235 g/mol. The average Bonchev–Trinajstić information content (AvgIpc) is 2.22. The van der Waals surface area contributed by atoms with Crippen LogP contribution in [0.5, 0.6) is 0 Å². The molecule has 17 heavy (non-hydrogen) atoms. The third kappa shape index (κ3) is 4.07. The van der Waals surface area contributed by atoms with Crippen molar-refractivity contribution in [3.8, 4) is 0 Å². The molecule has 0 bridgehead atoms. The fraction of sp³-hybridized carbons (Fsp3) is 0.462. The molecule has 0 spiro atoms. The molecule has 0 aliphatic rings. The van der Waals surface area contributed by atoms with Crippen molar-refractivity contribution in [2.75, 3.05) is 24.6 Å². The molecular formula is C13H21N3O. The molecule has 1 aromatic rings. The van der Waals surface area contributed by atoms with E-state index in [-0.39, 0.29) is 5.91 Å². The van der Waals surface area contributed by atoms with Crippen molar-refractivity contribution >= 4 is 17.3 Å². The van der Waals surface area contributed by atoms with Crippen LogP contribution in [0.3, 0.4) is 0 Å². The number of aryl methyl sites for hydroxylation is 1. The van der Waals surface area contributed by atoms with Gasteiger partial charge in [0.05, 0.1) is 6.54 Å². The van der Waals surface area contributed by atoms with E-state index in [0.29, 0.717) is 18.3 Å². The van der Waals surface area contributed by atoms with E-state index in [1.54, 1.807) is 6.07 Å². The fourth-order valence-corrected chi connectivity index (χ4v) is 1.43. The summed E-state index contributed by atoms with van der Waals surface area (Å²) in [7, 11) is 1.93. The van der Waals surface area contributed by atoms with Crippen LogP contribution in [0.25, 0.3) is 0 Å². The van der Waals surface area contributed by atoms with E-state index in [1.807, 2.05) is 31.0 Å². The molecular weight excluding hydrogens is 214 g/mol. The smallest absolute Gasteiger partial charge is 0.238 e. The lowest BCUT2D eigenvalue weighted by molar-refractivity contribution is -0.117. The summed E-state index contributed by atoms with van der Waals surface area (Å²) in [5.74, 6) is -0.00549. The second-order valence-electron chi connectivity index (χ2n) is 4.63. The number of nitrogen functional groups attached to an aromatic ring is 1. The highest BCUT2D eigenvalue weighted by Crippen LogP contribution is 2.17. The zero-order valence-electron chi connectivity index (χ0n) is 10.9. The molecule has 4 heteroatoms. The summed E-state index contributed by atoms with van der Waals surface area (Å²) >= 11 is 0. The van der Waals surface area contributed by atoms with E-state index in [2.05, 4.69) is 19.2 Å². The summed E-state index contributed by atoms with van der Waals surface area (Å²) in [6, 6.07) is 5.82. The third-order valence-electron chi connectivity index (χ3n) is 2.80. The molecule has 94 valence electrons. The van der Waals surface area contributed by atoms with Crippen LogP contribution >= 0.6 is 0 Å². The first kappa shape index (κ1) is 13.5. The number of hydrogen-bond donors (Lipinski definition) is 2. The van der Waals surface area contributed by atoms with Crippen LogP contribution in [0.1, 0.15) is 19.4 Å². The predicted molar refractivity (Wildman–Crippen MR) is 72.0 cm³/mol. The molecule has 1 rings (SSSR count). The predicted octanol–water partition coefficient (Wildman–Crippen LogP) is 1.86. The number of likely N-dealkylation sites (N-methyl/N-ethyl adjacent to an activating group) is 1. The van der Waals surface area contributed by atoms with E-state index in [4.69, 9.17) is 5.73 Å². The number of hydrogen-bond acceptors (Lipinski definition) is 3. The van der Waals surface area contributed by atoms with Crippen molar-refractivity contribution in [3.05, 3.63) is 23.8 Å². The second-order valence-corrected chi connectivity index (χ2v) is 4.63. The van der Waals surface area contributed by atoms with Crippen molar-refractivity contribution in [1.29, 1.82) is 0 Å². The van der Waals surface area contributed by atoms with E-state index in [1.165, 1.54) is 0 Å². The summed E-state index contributed by atoms with van der Waals surface area (Å²) in [6.45, 7) is 6.43. The standard InChI is InChI=1S/C13H21N3O/c1-9(2)16(4)8-13(17)15-12-6-5-11(14)7-10(12)3/h5-7,9H,8,14H2,1-4H3,(H,15,17). The minimum atomic E-state index is -0.00549. The molecule has 0 radical (unpaired) electrons. The summed E-state index contributed by atoms with van der Waals surface area (Å²) in [5.41, 5.74) is 8.16. The van der Waals surface area contributed by atoms with E-state index in [0.717, 1.165) is 11.3 Å². The quantitative estimate of drug-likeness (QED) is 0.783. The first-order valence-corrected chi connectivity index (χ1v) is 5.76. The summed E-state index contributed by atoms with van der Waals surface area (Å²) in [4.78, 5) is 13.8. The van der Waals surface area contributed by atoms with Crippen LogP contribution in [0.2, 0.25) is 0 Å². The second kappa shape index (κ2) is 5.68. The Morgan fingerprint density at radius 1 is 1.47 bits per heavy atom. The van der Waals surface area contributed by atoms with Gasteiger partial charge < -0.3 is 11.1 Å². The normalized spacial score (nSPS) is 10.9. The lowest BCUT2D eigenvalue weighted by Crippen LogP contribution is -2.34. The zero-order valence-corrected chi connectivity index (χ0v) is 10.9. The summed E-state index contributed by atoms with van der Waals surface area (Å²) in [5, 5.41) is 2.89. The maximum absolute atomic E-state index is 11.8. The van der Waals surface area contributed by atoms with Crippen LogP contribution in [0.4, 0.5) is 11.4 Å². The van der Waals surface area contributed by atoms with Gasteiger partial charge in [-0.1, -0.05) is 0 Å². The fourth-order valence-electron chi connectivity index (χ4n) is 1.43. The number of rotatable bonds is 4. The summed E-state index contributed by atoms with van der Waals surface area (Å²) < 4.78 is 0. The molecule has 0 aliphatic heterocycles. The van der Waals surface area contributed by atoms with E-state index in [9.17, 15) is 4.79 Å². The number of carbonyl (C=O) groups excluding carboxylic acids is 1. The molecule has 0 saturated heterocycles. The van der Waals surface area contributed by atoms with Gasteiger partial charge in [-0.15, -0.1) is 0 Å². The van der Waals surface area contributed by atoms with Gasteiger partial charge in [-0.3, -0.25) is 9.69 Å². The van der Waals surface area contributed by atoms with E-state index >= 15 is 0 Å². The molecule has 3 N–H and O–H groups in total. The zero-order chi connectivity index (χ0) is 13.0. The van der Waals surface area contributed by atoms with Gasteiger partial charge in [0, 0.05) is 17.4 Å². The van der Waals surface area contributed by atoms with Crippen molar-refractivity contribution in [1.82, 2.24) is 4.90 Å². The van der Waals surface area contributed by atoms with Crippen LogP contribution in [0, 0.1) is 6.92 Å². The number of carbonyl (C=O) groups is 1. The Balaban J connectivity index is 2.62. The topological polar surface area (TPSA) is 58.4 Å². The van der Waals surface area contributed by atoms with Crippen LogP contribution in [0.15, 0.2) is 18.2 Å². The number of nitrogens with one attached hydrogen (secondary N) is 1. The highest BCUT2D eigenvalue weighted by atomic mass is 16.2. The van der Waals surface area contributed by atoms with Gasteiger partial charge in [-0.05, 0) is 51.6 Å². The van der Waals surface area contributed by atoms with Crippen LogP contribution in [-0.4, -0.2) is 30.4 Å². The molecule has 0 atom stereocenters. The molecule has 0 saturated carbocycles. The first-order chi connectivity index (χ1) is 7.90. The Morgan fingerprint density at radius 2 is 2.12 bits per heavy atom.